The molecule has 4 heterocycles. The van der Waals surface area contributed by atoms with Crippen LogP contribution < -0.4 is 0 Å². The predicted octanol–water partition coefficient (Wildman–Crippen LogP) is 13.7. The van der Waals surface area contributed by atoms with E-state index in [1.54, 1.807) is 0 Å². The molecule has 0 spiro atoms. The Labute approximate surface area is 328 Å². The molecule has 0 radical (unpaired) electrons. The van der Waals surface area contributed by atoms with Crippen molar-refractivity contribution in [3.63, 3.8) is 0 Å². The fraction of sp³-hybridized carbons (Fsp3) is 0. The Morgan fingerprint density at radius 3 is 1.32 bits per heavy atom. The molecule has 4 heteroatoms. The van der Waals surface area contributed by atoms with Gasteiger partial charge in [0.2, 0.25) is 0 Å². The number of benzene rings is 8. The lowest BCUT2D eigenvalue weighted by Crippen LogP contribution is -1.96. The highest BCUT2D eigenvalue weighted by atomic mass is 15.0. The molecule has 0 aliphatic heterocycles. The SMILES string of the molecule is c1ccc(-c2ccc(-c3ccc(-n4c5ccccc5c5cc6c(cc54)c4ccccc4n6-c4ccc5c(c4)c4cnccc4n5-c4ccccc4)cc3)cc2)cc1. The molecule has 0 bridgehead atoms. The minimum atomic E-state index is 1.13. The molecule has 0 amide bonds. The van der Waals surface area contributed by atoms with Gasteiger partial charge in [-0.1, -0.05) is 121 Å². The molecular weight excluding hydrogens is 693 g/mol. The first-order valence-electron chi connectivity index (χ1n) is 19.5. The monoisotopic (exact) mass is 726 g/mol. The van der Waals surface area contributed by atoms with E-state index in [-0.39, 0.29) is 0 Å². The first kappa shape index (κ1) is 31.6. The van der Waals surface area contributed by atoms with Crippen LogP contribution in [-0.4, -0.2) is 18.7 Å². The van der Waals surface area contributed by atoms with Crippen molar-refractivity contribution in [2.24, 2.45) is 0 Å². The minimum Gasteiger partial charge on any atom is -0.309 e. The quantitative estimate of drug-likeness (QED) is 0.174. The van der Waals surface area contributed by atoms with E-state index < -0.39 is 0 Å². The maximum atomic E-state index is 4.56. The Morgan fingerprint density at radius 2 is 0.684 bits per heavy atom. The predicted molar refractivity (Wildman–Crippen MR) is 238 cm³/mol. The van der Waals surface area contributed by atoms with Crippen LogP contribution in [-0.2, 0) is 0 Å². The number of nitrogens with zero attached hydrogens (tertiary/aromatic N) is 4. The van der Waals surface area contributed by atoms with Crippen molar-refractivity contribution in [2.45, 2.75) is 0 Å². The molecule has 0 atom stereocenters. The van der Waals surface area contributed by atoms with Crippen LogP contribution in [0, 0.1) is 0 Å². The molecule has 8 aromatic carbocycles. The first-order chi connectivity index (χ1) is 28.3. The molecule has 266 valence electrons. The van der Waals surface area contributed by atoms with E-state index in [0.29, 0.717) is 0 Å². The number of para-hydroxylation sites is 3. The normalized spacial score (nSPS) is 11.9. The van der Waals surface area contributed by atoms with Crippen LogP contribution in [0.3, 0.4) is 0 Å². The fourth-order valence-corrected chi connectivity index (χ4v) is 9.12. The average molecular weight is 727 g/mol. The number of hydrogen-bond acceptors (Lipinski definition) is 1. The van der Waals surface area contributed by atoms with Gasteiger partial charge in [-0.2, -0.15) is 0 Å². The van der Waals surface area contributed by atoms with Crippen molar-refractivity contribution in [3.8, 4) is 39.3 Å². The zero-order valence-electron chi connectivity index (χ0n) is 30.9. The van der Waals surface area contributed by atoms with Gasteiger partial charge in [-0.25, -0.2) is 0 Å². The first-order valence-corrected chi connectivity index (χ1v) is 19.5. The molecular formula is C53H34N4. The molecule has 0 N–H and O–H groups in total. The van der Waals surface area contributed by atoms with Crippen LogP contribution in [0.2, 0.25) is 0 Å². The second-order valence-corrected chi connectivity index (χ2v) is 14.8. The molecule has 12 aromatic rings. The van der Waals surface area contributed by atoms with E-state index >= 15 is 0 Å². The lowest BCUT2D eigenvalue weighted by atomic mass is 10.0. The van der Waals surface area contributed by atoms with Gasteiger partial charge in [0.25, 0.3) is 0 Å². The van der Waals surface area contributed by atoms with Gasteiger partial charge in [0.15, 0.2) is 0 Å². The summed E-state index contributed by atoms with van der Waals surface area (Å²) in [6.45, 7) is 0. The van der Waals surface area contributed by atoms with Gasteiger partial charge in [-0.05, 0) is 95.1 Å². The van der Waals surface area contributed by atoms with Gasteiger partial charge in [0.05, 0.1) is 33.1 Å². The van der Waals surface area contributed by atoms with Crippen molar-refractivity contribution in [3.05, 3.63) is 207 Å². The Hall–Kier alpha value is -7.69. The molecule has 0 aliphatic carbocycles. The Morgan fingerprint density at radius 1 is 0.263 bits per heavy atom. The van der Waals surface area contributed by atoms with Gasteiger partial charge in [-0.3, -0.25) is 4.98 Å². The van der Waals surface area contributed by atoms with E-state index in [1.807, 2.05) is 12.4 Å². The maximum Gasteiger partial charge on any atom is 0.0571 e. The molecule has 0 aliphatic rings. The number of rotatable bonds is 5. The van der Waals surface area contributed by atoms with Gasteiger partial charge < -0.3 is 13.7 Å². The van der Waals surface area contributed by atoms with Crippen molar-refractivity contribution in [2.75, 3.05) is 0 Å². The van der Waals surface area contributed by atoms with Crippen molar-refractivity contribution in [1.29, 1.82) is 0 Å². The topological polar surface area (TPSA) is 27.7 Å². The Kier molecular flexibility index (Phi) is 6.89. The highest BCUT2D eigenvalue weighted by molar-refractivity contribution is 6.19. The average Bonchev–Trinajstić information content (AvgIpc) is 3.91. The third-order valence-electron chi connectivity index (χ3n) is 11.7. The summed E-state index contributed by atoms with van der Waals surface area (Å²) < 4.78 is 7.21. The summed E-state index contributed by atoms with van der Waals surface area (Å²) in [7, 11) is 0. The lowest BCUT2D eigenvalue weighted by molar-refractivity contribution is 1.16. The third-order valence-corrected chi connectivity index (χ3v) is 11.7. The van der Waals surface area contributed by atoms with E-state index in [0.717, 1.165) is 33.5 Å². The summed E-state index contributed by atoms with van der Waals surface area (Å²) in [5.41, 5.74) is 15.3. The summed E-state index contributed by atoms with van der Waals surface area (Å²) >= 11 is 0. The van der Waals surface area contributed by atoms with E-state index in [9.17, 15) is 0 Å². The summed E-state index contributed by atoms with van der Waals surface area (Å²) in [6, 6.07) is 70.4. The zero-order chi connectivity index (χ0) is 37.5. The van der Waals surface area contributed by atoms with Crippen LogP contribution in [0.1, 0.15) is 0 Å². The van der Waals surface area contributed by atoms with Gasteiger partial charge in [-0.15, -0.1) is 0 Å². The van der Waals surface area contributed by atoms with Crippen LogP contribution >= 0.6 is 0 Å². The highest BCUT2D eigenvalue weighted by Crippen LogP contribution is 2.41. The largest absolute Gasteiger partial charge is 0.309 e. The number of aromatic nitrogens is 4. The van der Waals surface area contributed by atoms with Gasteiger partial charge >= 0.3 is 0 Å². The van der Waals surface area contributed by atoms with Gasteiger partial charge in [0.1, 0.15) is 0 Å². The van der Waals surface area contributed by atoms with Crippen LogP contribution in [0.25, 0.3) is 105 Å². The summed E-state index contributed by atoms with van der Waals surface area (Å²) in [5.74, 6) is 0. The van der Waals surface area contributed by atoms with Crippen molar-refractivity contribution < 1.29 is 0 Å². The van der Waals surface area contributed by atoms with E-state index in [2.05, 4.69) is 213 Å². The number of pyridine rings is 1. The zero-order valence-corrected chi connectivity index (χ0v) is 30.9. The maximum absolute atomic E-state index is 4.56. The van der Waals surface area contributed by atoms with Crippen molar-refractivity contribution in [1.82, 2.24) is 18.7 Å². The number of hydrogen-bond donors (Lipinski definition) is 0. The third kappa shape index (κ3) is 4.84. The second kappa shape index (κ2) is 12.4. The molecule has 4 nitrogen and oxygen atoms in total. The molecule has 12 rings (SSSR count). The Bertz CT molecular complexity index is 3480. The summed E-state index contributed by atoms with van der Waals surface area (Å²) in [6.07, 6.45) is 3.88. The summed E-state index contributed by atoms with van der Waals surface area (Å²) in [5, 5.41) is 7.24. The van der Waals surface area contributed by atoms with Crippen molar-refractivity contribution >= 4 is 65.4 Å². The molecule has 4 aromatic heterocycles. The van der Waals surface area contributed by atoms with Crippen LogP contribution in [0.15, 0.2) is 207 Å². The summed E-state index contributed by atoms with van der Waals surface area (Å²) in [4.78, 5) is 4.56. The fourth-order valence-electron chi connectivity index (χ4n) is 9.12. The molecule has 0 saturated heterocycles. The minimum absolute atomic E-state index is 1.13. The molecule has 57 heavy (non-hydrogen) atoms. The standard InChI is InChI=1S/C53H34N4/c1-3-11-35(12-4-1)36-19-21-37(22-20-36)38-23-25-40(26-24-38)56-48-17-9-7-15-42(48)45-33-53-46(32-52(45)56)43-16-8-10-18-49(43)57(53)41-27-28-50-44(31-41)47-34-54-30-29-51(47)55(50)39-13-5-2-6-14-39/h1-34H. The highest BCUT2D eigenvalue weighted by Gasteiger charge is 2.20. The Balaban J connectivity index is 1.03. The van der Waals surface area contributed by atoms with E-state index in [1.165, 1.54) is 71.3 Å². The van der Waals surface area contributed by atoms with Crippen LogP contribution in [0.4, 0.5) is 0 Å². The lowest BCUT2D eigenvalue weighted by Gasteiger charge is -2.11. The molecule has 0 saturated carbocycles. The smallest absolute Gasteiger partial charge is 0.0571 e. The van der Waals surface area contributed by atoms with Gasteiger partial charge in [0, 0.05) is 61.8 Å². The van der Waals surface area contributed by atoms with Crippen LogP contribution in [0.5, 0.6) is 0 Å². The molecule has 0 unspecified atom stereocenters. The second-order valence-electron chi connectivity index (χ2n) is 14.8. The van der Waals surface area contributed by atoms with E-state index in [4.69, 9.17) is 0 Å². The molecule has 0 fully saturated rings. The number of fused-ring (bicyclic) bond motifs is 9.